The molecule has 2 heterocycles. The van der Waals surface area contributed by atoms with Crippen LogP contribution in [-0.2, 0) is 16.0 Å². The fourth-order valence-electron chi connectivity index (χ4n) is 3.69. The minimum atomic E-state index is -0.973. The van der Waals surface area contributed by atoms with Gasteiger partial charge in [-0.3, -0.25) is 4.79 Å². The van der Waals surface area contributed by atoms with E-state index in [0.717, 1.165) is 32.0 Å². The first-order valence-corrected chi connectivity index (χ1v) is 10.7. The zero-order valence-electron chi connectivity index (χ0n) is 16.5. The summed E-state index contributed by atoms with van der Waals surface area (Å²) in [5, 5.41) is 19.3. The van der Waals surface area contributed by atoms with Crippen molar-refractivity contribution < 1.29 is 24.1 Å². The Morgan fingerprint density at radius 2 is 1.90 bits per heavy atom. The molecule has 1 aromatic heterocycles. The molecule has 0 amide bonds. The molecule has 0 aliphatic carbocycles. The van der Waals surface area contributed by atoms with Gasteiger partial charge in [0.25, 0.3) is 0 Å². The molecular weight excluding hydrogens is 403 g/mol. The van der Waals surface area contributed by atoms with Crippen molar-refractivity contribution in [1.29, 1.82) is 0 Å². The molecule has 1 fully saturated rings. The fourth-order valence-corrected chi connectivity index (χ4v) is 4.73. The molecular formula is C24H23FO4S. The summed E-state index contributed by atoms with van der Waals surface area (Å²) in [5.74, 6) is -0.435. The minimum Gasteiger partial charge on any atom is -0.394 e. The molecule has 1 aliphatic rings. The zero-order chi connectivity index (χ0) is 21.3. The molecule has 0 radical (unpaired) electrons. The van der Waals surface area contributed by atoms with Gasteiger partial charge in [-0.05, 0) is 53.4 Å². The van der Waals surface area contributed by atoms with Crippen LogP contribution in [0.3, 0.4) is 0 Å². The monoisotopic (exact) mass is 426 g/mol. The molecule has 3 aromatic rings. The van der Waals surface area contributed by atoms with Gasteiger partial charge in [-0.1, -0.05) is 30.3 Å². The Bertz CT molecular complexity index is 1040. The van der Waals surface area contributed by atoms with Gasteiger partial charge in [0, 0.05) is 22.6 Å². The van der Waals surface area contributed by atoms with Gasteiger partial charge in [0.1, 0.15) is 18.0 Å². The van der Waals surface area contributed by atoms with Crippen molar-refractivity contribution in [2.24, 2.45) is 0 Å². The van der Waals surface area contributed by atoms with E-state index in [1.807, 2.05) is 31.2 Å². The number of aryl methyl sites for hydroxylation is 1. The highest BCUT2D eigenvalue weighted by atomic mass is 32.1. The number of carbonyl (C=O) groups excluding carboxylic acids is 1. The molecule has 3 atom stereocenters. The summed E-state index contributed by atoms with van der Waals surface area (Å²) in [4.78, 5) is 14.6. The Kier molecular flexibility index (Phi) is 6.11. The molecule has 30 heavy (non-hydrogen) atoms. The Balaban J connectivity index is 1.56. The van der Waals surface area contributed by atoms with Crippen molar-refractivity contribution in [3.63, 3.8) is 0 Å². The number of Topliss-reactive ketones (excluding diaryl/α,β-unsaturated/α-hetero) is 1. The Labute approximate surface area is 178 Å². The second kappa shape index (κ2) is 8.78. The molecule has 1 saturated heterocycles. The molecule has 156 valence electrons. The molecule has 0 saturated carbocycles. The zero-order valence-corrected chi connectivity index (χ0v) is 17.4. The van der Waals surface area contributed by atoms with Crippen LogP contribution in [0.5, 0.6) is 0 Å². The summed E-state index contributed by atoms with van der Waals surface area (Å²) in [6.07, 6.45) is -1.82. The van der Waals surface area contributed by atoms with E-state index >= 15 is 0 Å². The third-order valence-corrected chi connectivity index (χ3v) is 6.59. The van der Waals surface area contributed by atoms with Crippen LogP contribution in [0, 0.1) is 12.7 Å². The predicted octanol–water partition coefficient (Wildman–Crippen LogP) is 4.21. The number of ketones is 1. The van der Waals surface area contributed by atoms with Gasteiger partial charge in [0.2, 0.25) is 0 Å². The van der Waals surface area contributed by atoms with Crippen molar-refractivity contribution in [2.45, 2.75) is 38.1 Å². The van der Waals surface area contributed by atoms with Crippen LogP contribution >= 0.6 is 11.3 Å². The summed E-state index contributed by atoms with van der Waals surface area (Å²) in [6, 6.07) is 16.4. The largest absolute Gasteiger partial charge is 0.394 e. The summed E-state index contributed by atoms with van der Waals surface area (Å²) < 4.78 is 18.9. The summed E-state index contributed by atoms with van der Waals surface area (Å²) >= 11 is 1.65. The van der Waals surface area contributed by atoms with Crippen LogP contribution in [0.2, 0.25) is 0 Å². The number of aliphatic hydroxyl groups is 2. The average Bonchev–Trinajstić information content (AvgIpc) is 3.19. The van der Waals surface area contributed by atoms with E-state index in [0.29, 0.717) is 6.42 Å². The van der Waals surface area contributed by atoms with Crippen molar-refractivity contribution in [1.82, 2.24) is 0 Å². The highest BCUT2D eigenvalue weighted by Gasteiger charge is 2.36. The van der Waals surface area contributed by atoms with Gasteiger partial charge in [-0.25, -0.2) is 4.39 Å². The molecule has 4 rings (SSSR count). The summed E-state index contributed by atoms with van der Waals surface area (Å²) in [5.41, 5.74) is 3.91. The topological polar surface area (TPSA) is 66.8 Å². The molecule has 1 aliphatic heterocycles. The quantitative estimate of drug-likeness (QED) is 0.642. The van der Waals surface area contributed by atoms with Crippen molar-refractivity contribution >= 4 is 17.1 Å². The van der Waals surface area contributed by atoms with Crippen LogP contribution in [0.1, 0.15) is 34.1 Å². The molecule has 4 nitrogen and oxygen atoms in total. The lowest BCUT2D eigenvalue weighted by Crippen LogP contribution is -2.42. The number of hydrogen-bond acceptors (Lipinski definition) is 5. The number of aliphatic hydroxyl groups excluding tert-OH is 2. The highest BCUT2D eigenvalue weighted by Crippen LogP contribution is 2.33. The number of hydrogen-bond donors (Lipinski definition) is 2. The molecule has 0 bridgehead atoms. The number of benzene rings is 2. The SMILES string of the molecule is Cc1ccc([C@@H]2O[C@H](CO)[C@@H](O)CC2=O)cc1Cc1ccc(-c2ccc(F)cc2)s1. The summed E-state index contributed by atoms with van der Waals surface area (Å²) in [6.45, 7) is 1.70. The van der Waals surface area contributed by atoms with E-state index in [4.69, 9.17) is 4.74 Å². The van der Waals surface area contributed by atoms with Gasteiger partial charge in [-0.15, -0.1) is 11.3 Å². The number of ether oxygens (including phenoxy) is 1. The number of halogens is 1. The fraction of sp³-hybridized carbons (Fsp3) is 0.292. The first-order chi connectivity index (χ1) is 14.4. The van der Waals surface area contributed by atoms with Crippen LogP contribution < -0.4 is 0 Å². The van der Waals surface area contributed by atoms with E-state index in [1.54, 1.807) is 23.5 Å². The number of carbonyl (C=O) groups is 1. The standard InChI is InChI=1S/C24H23FO4S/c1-14-2-3-16(24-21(28)12-20(27)22(13-26)29-24)10-17(14)11-19-8-9-23(30-19)15-4-6-18(25)7-5-15/h2-10,20,22,24,26-27H,11-13H2,1H3/t20-,22+,24-/m0/s1. The molecule has 2 aromatic carbocycles. The van der Waals surface area contributed by atoms with Crippen LogP contribution in [0.25, 0.3) is 10.4 Å². The third-order valence-electron chi connectivity index (χ3n) is 5.45. The maximum Gasteiger partial charge on any atom is 0.168 e. The minimum absolute atomic E-state index is 0.0228. The van der Waals surface area contributed by atoms with E-state index < -0.39 is 18.3 Å². The highest BCUT2D eigenvalue weighted by molar-refractivity contribution is 7.15. The Morgan fingerprint density at radius 1 is 1.13 bits per heavy atom. The van der Waals surface area contributed by atoms with Gasteiger partial charge in [0.05, 0.1) is 12.7 Å². The molecule has 6 heteroatoms. The molecule has 0 unspecified atom stereocenters. The van der Waals surface area contributed by atoms with Crippen LogP contribution in [0.4, 0.5) is 4.39 Å². The lowest BCUT2D eigenvalue weighted by Gasteiger charge is -2.32. The molecule has 2 N–H and O–H groups in total. The van der Waals surface area contributed by atoms with Crippen LogP contribution in [0.15, 0.2) is 54.6 Å². The maximum absolute atomic E-state index is 13.2. The second-order valence-corrected chi connectivity index (χ2v) is 8.78. The average molecular weight is 427 g/mol. The first kappa shape index (κ1) is 20.9. The van der Waals surface area contributed by atoms with Gasteiger partial charge in [0.15, 0.2) is 5.78 Å². The van der Waals surface area contributed by atoms with E-state index in [9.17, 15) is 19.4 Å². The normalized spacial score (nSPS) is 21.7. The van der Waals surface area contributed by atoms with Gasteiger partial charge in [-0.2, -0.15) is 0 Å². The number of rotatable bonds is 5. The van der Waals surface area contributed by atoms with Crippen molar-refractivity contribution in [3.05, 3.63) is 82.0 Å². The van der Waals surface area contributed by atoms with Crippen molar-refractivity contribution in [3.8, 4) is 10.4 Å². The van der Waals surface area contributed by atoms with Crippen molar-refractivity contribution in [2.75, 3.05) is 6.61 Å². The molecule has 0 spiro atoms. The first-order valence-electron chi connectivity index (χ1n) is 9.86. The lowest BCUT2D eigenvalue weighted by atomic mass is 9.92. The lowest BCUT2D eigenvalue weighted by molar-refractivity contribution is -0.164. The van der Waals surface area contributed by atoms with E-state index in [1.165, 1.54) is 12.1 Å². The predicted molar refractivity (Wildman–Crippen MR) is 114 cm³/mol. The Hall–Kier alpha value is -2.38. The smallest absolute Gasteiger partial charge is 0.168 e. The summed E-state index contributed by atoms with van der Waals surface area (Å²) in [7, 11) is 0. The second-order valence-electron chi connectivity index (χ2n) is 7.61. The van der Waals surface area contributed by atoms with E-state index in [2.05, 4.69) is 6.07 Å². The van der Waals surface area contributed by atoms with Crippen LogP contribution in [-0.4, -0.2) is 34.8 Å². The van der Waals surface area contributed by atoms with Gasteiger partial charge < -0.3 is 14.9 Å². The maximum atomic E-state index is 13.2. The Morgan fingerprint density at radius 3 is 2.63 bits per heavy atom. The van der Waals surface area contributed by atoms with E-state index in [-0.39, 0.29) is 24.6 Å². The number of thiophene rings is 1. The third kappa shape index (κ3) is 4.37. The van der Waals surface area contributed by atoms with Gasteiger partial charge >= 0.3 is 0 Å².